The molecule has 1 aromatic carbocycles. The van der Waals surface area contributed by atoms with Crippen LogP contribution in [0.25, 0.3) is 0 Å². The van der Waals surface area contributed by atoms with Crippen molar-refractivity contribution in [1.29, 1.82) is 0 Å². The highest BCUT2D eigenvalue weighted by Crippen LogP contribution is 2.24. The average molecular weight is 276 g/mol. The number of hydrogen-bond donors (Lipinski definition) is 1. The zero-order valence-corrected chi connectivity index (χ0v) is 13.3. The van der Waals surface area contributed by atoms with Gasteiger partial charge in [-0.15, -0.1) is 0 Å². The largest absolute Gasteiger partial charge is 0.375 e. The van der Waals surface area contributed by atoms with Crippen LogP contribution in [0, 0.1) is 0 Å². The smallest absolute Gasteiger partial charge is 0.0641 e. The Labute approximate surface area is 123 Å². The van der Waals surface area contributed by atoms with E-state index >= 15 is 0 Å². The molecule has 3 nitrogen and oxygen atoms in total. The molecule has 0 radical (unpaired) electrons. The SMILES string of the molecule is CN(C)Cc1ccccc1CNC1CCOC(C)(C)C1. The Morgan fingerprint density at radius 2 is 1.95 bits per heavy atom. The van der Waals surface area contributed by atoms with Gasteiger partial charge in [0.05, 0.1) is 5.60 Å². The van der Waals surface area contributed by atoms with E-state index in [1.165, 1.54) is 11.1 Å². The molecule has 0 aromatic heterocycles. The third-order valence-electron chi connectivity index (χ3n) is 3.88. The van der Waals surface area contributed by atoms with Crippen LogP contribution in [-0.4, -0.2) is 37.2 Å². The molecule has 0 saturated carbocycles. The highest BCUT2D eigenvalue weighted by molar-refractivity contribution is 5.27. The van der Waals surface area contributed by atoms with Crippen molar-refractivity contribution >= 4 is 0 Å². The van der Waals surface area contributed by atoms with Crippen LogP contribution in [0.4, 0.5) is 0 Å². The topological polar surface area (TPSA) is 24.5 Å². The fourth-order valence-corrected chi connectivity index (χ4v) is 2.89. The molecule has 0 spiro atoms. The lowest BCUT2D eigenvalue weighted by Crippen LogP contribution is -2.43. The molecule has 0 amide bonds. The van der Waals surface area contributed by atoms with Crippen molar-refractivity contribution in [2.24, 2.45) is 0 Å². The summed E-state index contributed by atoms with van der Waals surface area (Å²) >= 11 is 0. The van der Waals surface area contributed by atoms with Crippen LogP contribution in [0.3, 0.4) is 0 Å². The molecule has 1 heterocycles. The van der Waals surface area contributed by atoms with Crippen molar-refractivity contribution in [2.45, 2.75) is 51.4 Å². The third kappa shape index (κ3) is 4.58. The summed E-state index contributed by atoms with van der Waals surface area (Å²) in [5, 5.41) is 3.71. The zero-order chi connectivity index (χ0) is 14.6. The molecule has 1 aliphatic rings. The van der Waals surface area contributed by atoms with Crippen molar-refractivity contribution in [2.75, 3.05) is 20.7 Å². The van der Waals surface area contributed by atoms with E-state index in [1.54, 1.807) is 0 Å². The molecule has 1 fully saturated rings. The lowest BCUT2D eigenvalue weighted by molar-refractivity contribution is -0.0630. The molecular weight excluding hydrogens is 248 g/mol. The zero-order valence-electron chi connectivity index (χ0n) is 13.3. The van der Waals surface area contributed by atoms with Gasteiger partial charge in [-0.2, -0.15) is 0 Å². The number of rotatable bonds is 5. The maximum Gasteiger partial charge on any atom is 0.0641 e. The average Bonchev–Trinajstić information content (AvgIpc) is 2.36. The number of hydrogen-bond acceptors (Lipinski definition) is 3. The van der Waals surface area contributed by atoms with Gasteiger partial charge in [-0.1, -0.05) is 24.3 Å². The summed E-state index contributed by atoms with van der Waals surface area (Å²) in [6.07, 6.45) is 2.20. The molecule has 1 aromatic rings. The quantitative estimate of drug-likeness (QED) is 0.895. The summed E-state index contributed by atoms with van der Waals surface area (Å²) in [7, 11) is 4.23. The van der Waals surface area contributed by atoms with E-state index in [0.717, 1.165) is 32.5 Å². The van der Waals surface area contributed by atoms with Crippen molar-refractivity contribution in [3.05, 3.63) is 35.4 Å². The number of nitrogens with one attached hydrogen (secondary N) is 1. The summed E-state index contributed by atoms with van der Waals surface area (Å²) in [5.41, 5.74) is 2.83. The molecule has 0 aliphatic carbocycles. The van der Waals surface area contributed by atoms with Crippen LogP contribution in [-0.2, 0) is 17.8 Å². The second-order valence-electron chi connectivity index (χ2n) is 6.69. The first-order valence-corrected chi connectivity index (χ1v) is 7.55. The molecule has 0 bridgehead atoms. The second-order valence-corrected chi connectivity index (χ2v) is 6.69. The number of benzene rings is 1. The second kappa shape index (κ2) is 6.70. The first-order chi connectivity index (χ1) is 9.46. The minimum atomic E-state index is 0.0130. The van der Waals surface area contributed by atoms with Crippen LogP contribution in [0.1, 0.15) is 37.8 Å². The van der Waals surface area contributed by atoms with Crippen molar-refractivity contribution in [3.63, 3.8) is 0 Å². The van der Waals surface area contributed by atoms with E-state index in [1.807, 2.05) is 0 Å². The standard InChI is InChI=1S/C17H28N2O/c1-17(2)11-16(9-10-20-17)18-12-14-7-5-6-8-15(14)13-19(3)4/h5-8,16,18H,9-13H2,1-4H3. The van der Waals surface area contributed by atoms with E-state index < -0.39 is 0 Å². The molecule has 2 rings (SSSR count). The van der Waals surface area contributed by atoms with E-state index in [4.69, 9.17) is 4.74 Å². The Morgan fingerprint density at radius 3 is 2.60 bits per heavy atom. The molecular formula is C17H28N2O. The molecule has 1 N–H and O–H groups in total. The maximum atomic E-state index is 5.78. The van der Waals surface area contributed by atoms with E-state index in [0.29, 0.717) is 6.04 Å². The van der Waals surface area contributed by atoms with Crippen molar-refractivity contribution < 1.29 is 4.74 Å². The first-order valence-electron chi connectivity index (χ1n) is 7.55. The molecule has 1 aliphatic heterocycles. The number of ether oxygens (including phenoxy) is 1. The first kappa shape index (κ1) is 15.5. The lowest BCUT2D eigenvalue weighted by atomic mass is 9.93. The number of nitrogens with zero attached hydrogens (tertiary/aromatic N) is 1. The molecule has 1 unspecified atom stereocenters. The highest BCUT2D eigenvalue weighted by Gasteiger charge is 2.28. The summed E-state index contributed by atoms with van der Waals surface area (Å²) in [6, 6.07) is 9.27. The van der Waals surface area contributed by atoms with Gasteiger partial charge in [0.15, 0.2) is 0 Å². The Hall–Kier alpha value is -0.900. The minimum absolute atomic E-state index is 0.0130. The molecule has 1 saturated heterocycles. The summed E-state index contributed by atoms with van der Waals surface area (Å²) in [6.45, 7) is 7.17. The summed E-state index contributed by atoms with van der Waals surface area (Å²) < 4.78 is 5.78. The van der Waals surface area contributed by atoms with Gasteiger partial charge in [-0.05, 0) is 51.9 Å². The van der Waals surface area contributed by atoms with Gasteiger partial charge in [0.1, 0.15) is 0 Å². The third-order valence-corrected chi connectivity index (χ3v) is 3.88. The summed E-state index contributed by atoms with van der Waals surface area (Å²) in [5.74, 6) is 0. The minimum Gasteiger partial charge on any atom is -0.375 e. The van der Waals surface area contributed by atoms with Crippen LogP contribution < -0.4 is 5.32 Å². The van der Waals surface area contributed by atoms with Gasteiger partial charge in [0.2, 0.25) is 0 Å². The summed E-state index contributed by atoms with van der Waals surface area (Å²) in [4.78, 5) is 2.22. The Morgan fingerprint density at radius 1 is 1.25 bits per heavy atom. The molecule has 1 atom stereocenters. The molecule has 112 valence electrons. The van der Waals surface area contributed by atoms with Crippen LogP contribution in [0.5, 0.6) is 0 Å². The van der Waals surface area contributed by atoms with Gasteiger partial charge in [0, 0.05) is 25.7 Å². The fraction of sp³-hybridized carbons (Fsp3) is 0.647. The van der Waals surface area contributed by atoms with Gasteiger partial charge in [0.25, 0.3) is 0 Å². The normalized spacial score (nSPS) is 22.1. The van der Waals surface area contributed by atoms with Gasteiger partial charge >= 0.3 is 0 Å². The van der Waals surface area contributed by atoms with E-state index in [2.05, 4.69) is 62.4 Å². The van der Waals surface area contributed by atoms with E-state index in [9.17, 15) is 0 Å². The predicted molar refractivity (Wildman–Crippen MR) is 83.7 cm³/mol. The monoisotopic (exact) mass is 276 g/mol. The van der Waals surface area contributed by atoms with Gasteiger partial charge < -0.3 is 15.0 Å². The van der Waals surface area contributed by atoms with Crippen molar-refractivity contribution in [3.8, 4) is 0 Å². The Kier molecular flexibility index (Phi) is 5.19. The highest BCUT2D eigenvalue weighted by atomic mass is 16.5. The van der Waals surface area contributed by atoms with Crippen LogP contribution >= 0.6 is 0 Å². The van der Waals surface area contributed by atoms with Crippen LogP contribution in [0.2, 0.25) is 0 Å². The van der Waals surface area contributed by atoms with Crippen molar-refractivity contribution in [1.82, 2.24) is 10.2 Å². The van der Waals surface area contributed by atoms with Gasteiger partial charge in [-0.25, -0.2) is 0 Å². The molecule has 3 heteroatoms. The fourth-order valence-electron chi connectivity index (χ4n) is 2.89. The Balaban J connectivity index is 1.93. The van der Waals surface area contributed by atoms with Crippen LogP contribution in [0.15, 0.2) is 24.3 Å². The maximum absolute atomic E-state index is 5.78. The lowest BCUT2D eigenvalue weighted by Gasteiger charge is -2.36. The van der Waals surface area contributed by atoms with Gasteiger partial charge in [-0.3, -0.25) is 0 Å². The predicted octanol–water partition coefficient (Wildman–Crippen LogP) is 2.80. The Bertz CT molecular complexity index is 429. The van der Waals surface area contributed by atoms with E-state index in [-0.39, 0.29) is 5.60 Å². The molecule has 20 heavy (non-hydrogen) atoms.